The van der Waals surface area contributed by atoms with E-state index in [0.717, 1.165) is 30.6 Å². The number of aromatic amines is 1. The number of carbonyl (C=O) groups is 1. The van der Waals surface area contributed by atoms with Gasteiger partial charge >= 0.3 is 0 Å². The second kappa shape index (κ2) is 5.24. The zero-order valence-corrected chi connectivity index (χ0v) is 10.5. The predicted octanol–water partition coefficient (Wildman–Crippen LogP) is 1.17. The molecule has 0 saturated carbocycles. The number of hydrogen-bond donors (Lipinski definition) is 3. The lowest BCUT2D eigenvalue weighted by atomic mass is 10.1. The van der Waals surface area contributed by atoms with Crippen LogP contribution in [0.3, 0.4) is 0 Å². The number of nitrogens with one attached hydrogen (secondary N) is 3. The fraction of sp³-hybridized carbons (Fsp3) is 0.286. The molecular formula is C14H16N4O. The van der Waals surface area contributed by atoms with Crippen molar-refractivity contribution in [1.29, 1.82) is 0 Å². The predicted molar refractivity (Wildman–Crippen MR) is 72.8 cm³/mol. The molecule has 0 aliphatic carbocycles. The van der Waals surface area contributed by atoms with Crippen LogP contribution in [0.2, 0.25) is 0 Å². The van der Waals surface area contributed by atoms with Gasteiger partial charge in [0.05, 0.1) is 6.20 Å². The highest BCUT2D eigenvalue weighted by molar-refractivity contribution is 5.94. The molecule has 2 aromatic rings. The molecule has 1 amide bonds. The van der Waals surface area contributed by atoms with Crippen molar-refractivity contribution < 1.29 is 4.79 Å². The van der Waals surface area contributed by atoms with E-state index in [2.05, 4.69) is 20.8 Å². The summed E-state index contributed by atoms with van der Waals surface area (Å²) in [6.45, 7) is 1.84. The van der Waals surface area contributed by atoms with Crippen molar-refractivity contribution in [1.82, 2.24) is 20.8 Å². The number of aromatic nitrogens is 2. The summed E-state index contributed by atoms with van der Waals surface area (Å²) in [5.74, 6) is -0.00700. The molecule has 1 saturated heterocycles. The van der Waals surface area contributed by atoms with E-state index >= 15 is 0 Å². The Labute approximate surface area is 111 Å². The van der Waals surface area contributed by atoms with E-state index in [-0.39, 0.29) is 11.9 Å². The molecule has 0 bridgehead atoms. The first-order valence-electron chi connectivity index (χ1n) is 6.44. The van der Waals surface area contributed by atoms with Gasteiger partial charge in [-0.3, -0.25) is 9.89 Å². The summed E-state index contributed by atoms with van der Waals surface area (Å²) in [5, 5.41) is 13.0. The molecule has 5 heteroatoms. The summed E-state index contributed by atoms with van der Waals surface area (Å²) in [6.07, 6.45) is 4.59. The molecular weight excluding hydrogens is 240 g/mol. The summed E-state index contributed by atoms with van der Waals surface area (Å²) in [6, 6.07) is 7.82. The molecule has 3 N–H and O–H groups in total. The molecule has 1 atom stereocenters. The van der Waals surface area contributed by atoms with Crippen LogP contribution in [0.5, 0.6) is 0 Å². The molecule has 3 rings (SSSR count). The standard InChI is InChI=1S/C14H16N4O/c19-14(18-13-5-6-15-9-13)11-3-1-10(2-4-11)12-7-16-17-8-12/h1-4,7-8,13,15H,5-6,9H2,(H,16,17)(H,18,19)/t13-/m0/s1. The maximum absolute atomic E-state index is 12.0. The minimum atomic E-state index is -0.00700. The van der Waals surface area contributed by atoms with Crippen LogP contribution in [0, 0.1) is 0 Å². The SMILES string of the molecule is O=C(N[C@H]1CCNC1)c1ccc(-c2cn[nH]c2)cc1. The Bertz CT molecular complexity index is 541. The lowest BCUT2D eigenvalue weighted by Crippen LogP contribution is -2.36. The molecule has 1 aromatic carbocycles. The van der Waals surface area contributed by atoms with Gasteiger partial charge in [0.25, 0.3) is 5.91 Å². The number of rotatable bonds is 3. The van der Waals surface area contributed by atoms with E-state index in [0.29, 0.717) is 5.56 Å². The van der Waals surface area contributed by atoms with Crippen LogP contribution in [-0.2, 0) is 0 Å². The summed E-state index contributed by atoms with van der Waals surface area (Å²) < 4.78 is 0. The van der Waals surface area contributed by atoms with Crippen molar-refractivity contribution in [2.75, 3.05) is 13.1 Å². The first-order valence-corrected chi connectivity index (χ1v) is 6.44. The van der Waals surface area contributed by atoms with Crippen molar-refractivity contribution in [3.8, 4) is 11.1 Å². The molecule has 1 aliphatic rings. The summed E-state index contributed by atoms with van der Waals surface area (Å²) >= 11 is 0. The molecule has 0 radical (unpaired) electrons. The minimum Gasteiger partial charge on any atom is -0.348 e. The number of hydrogen-bond acceptors (Lipinski definition) is 3. The van der Waals surface area contributed by atoms with Crippen molar-refractivity contribution >= 4 is 5.91 Å². The van der Waals surface area contributed by atoms with E-state index in [1.807, 2.05) is 30.5 Å². The first kappa shape index (κ1) is 11.9. The largest absolute Gasteiger partial charge is 0.348 e. The third-order valence-corrected chi connectivity index (χ3v) is 3.37. The second-order valence-electron chi connectivity index (χ2n) is 4.73. The zero-order chi connectivity index (χ0) is 13.1. The Morgan fingerprint density at radius 3 is 2.74 bits per heavy atom. The summed E-state index contributed by atoms with van der Waals surface area (Å²) in [4.78, 5) is 12.0. The van der Waals surface area contributed by atoms with E-state index in [4.69, 9.17) is 0 Å². The molecule has 2 heterocycles. The van der Waals surface area contributed by atoms with Gasteiger partial charge in [0.1, 0.15) is 0 Å². The maximum Gasteiger partial charge on any atom is 0.251 e. The Hall–Kier alpha value is -2.14. The van der Waals surface area contributed by atoms with Gasteiger partial charge in [-0.15, -0.1) is 0 Å². The minimum absolute atomic E-state index is 0.00700. The van der Waals surface area contributed by atoms with Crippen LogP contribution in [0.4, 0.5) is 0 Å². The van der Waals surface area contributed by atoms with Gasteiger partial charge in [-0.1, -0.05) is 12.1 Å². The normalized spacial score (nSPS) is 18.4. The highest BCUT2D eigenvalue weighted by Crippen LogP contribution is 2.18. The van der Waals surface area contributed by atoms with E-state index < -0.39 is 0 Å². The highest BCUT2D eigenvalue weighted by Gasteiger charge is 2.17. The molecule has 98 valence electrons. The lowest BCUT2D eigenvalue weighted by Gasteiger charge is -2.11. The summed E-state index contributed by atoms with van der Waals surface area (Å²) in [5.41, 5.74) is 2.76. The number of amides is 1. The molecule has 1 aliphatic heterocycles. The molecule has 1 aromatic heterocycles. The van der Waals surface area contributed by atoms with Crippen molar-refractivity contribution in [2.45, 2.75) is 12.5 Å². The van der Waals surface area contributed by atoms with E-state index in [1.54, 1.807) is 6.20 Å². The van der Waals surface area contributed by atoms with Crippen LogP contribution in [0.15, 0.2) is 36.7 Å². The molecule has 0 spiro atoms. The molecule has 1 fully saturated rings. The second-order valence-corrected chi connectivity index (χ2v) is 4.73. The number of H-pyrrole nitrogens is 1. The fourth-order valence-electron chi connectivity index (χ4n) is 2.27. The number of nitrogens with zero attached hydrogens (tertiary/aromatic N) is 1. The van der Waals surface area contributed by atoms with Crippen LogP contribution >= 0.6 is 0 Å². The van der Waals surface area contributed by atoms with Gasteiger partial charge in [0.15, 0.2) is 0 Å². The van der Waals surface area contributed by atoms with Crippen molar-refractivity contribution in [3.63, 3.8) is 0 Å². The van der Waals surface area contributed by atoms with Crippen LogP contribution in [-0.4, -0.2) is 35.2 Å². The average Bonchev–Trinajstić information content (AvgIpc) is 3.12. The van der Waals surface area contributed by atoms with Gasteiger partial charge in [-0.2, -0.15) is 5.10 Å². The Morgan fingerprint density at radius 2 is 2.11 bits per heavy atom. The van der Waals surface area contributed by atoms with E-state index in [1.165, 1.54) is 0 Å². The van der Waals surface area contributed by atoms with E-state index in [9.17, 15) is 4.79 Å². The maximum atomic E-state index is 12.0. The van der Waals surface area contributed by atoms with Gasteiger partial charge in [0, 0.05) is 29.9 Å². The zero-order valence-electron chi connectivity index (χ0n) is 10.5. The quantitative estimate of drug-likeness (QED) is 0.772. The fourth-order valence-corrected chi connectivity index (χ4v) is 2.27. The monoisotopic (exact) mass is 256 g/mol. The molecule has 0 unspecified atom stereocenters. The highest BCUT2D eigenvalue weighted by atomic mass is 16.1. The Morgan fingerprint density at radius 1 is 1.26 bits per heavy atom. The van der Waals surface area contributed by atoms with Crippen LogP contribution < -0.4 is 10.6 Å². The number of benzene rings is 1. The third-order valence-electron chi connectivity index (χ3n) is 3.37. The van der Waals surface area contributed by atoms with Gasteiger partial charge in [-0.05, 0) is 30.7 Å². The Kier molecular flexibility index (Phi) is 3.29. The summed E-state index contributed by atoms with van der Waals surface area (Å²) in [7, 11) is 0. The first-order chi connectivity index (χ1) is 9.33. The van der Waals surface area contributed by atoms with Crippen molar-refractivity contribution in [3.05, 3.63) is 42.2 Å². The third kappa shape index (κ3) is 2.66. The van der Waals surface area contributed by atoms with Gasteiger partial charge in [-0.25, -0.2) is 0 Å². The van der Waals surface area contributed by atoms with Gasteiger partial charge in [0.2, 0.25) is 0 Å². The Balaban J connectivity index is 1.69. The smallest absolute Gasteiger partial charge is 0.251 e. The molecule has 19 heavy (non-hydrogen) atoms. The molecule has 5 nitrogen and oxygen atoms in total. The van der Waals surface area contributed by atoms with Crippen LogP contribution in [0.25, 0.3) is 11.1 Å². The van der Waals surface area contributed by atoms with Crippen molar-refractivity contribution in [2.24, 2.45) is 0 Å². The van der Waals surface area contributed by atoms with Gasteiger partial charge < -0.3 is 10.6 Å². The lowest BCUT2D eigenvalue weighted by molar-refractivity contribution is 0.0940. The average molecular weight is 256 g/mol. The van der Waals surface area contributed by atoms with Crippen LogP contribution in [0.1, 0.15) is 16.8 Å². The topological polar surface area (TPSA) is 69.8 Å². The number of carbonyl (C=O) groups excluding carboxylic acids is 1.